The summed E-state index contributed by atoms with van der Waals surface area (Å²) in [5.74, 6) is 0.578. The Balaban J connectivity index is 1.53. The molecular weight excluding hydrogens is 435 g/mol. The van der Waals surface area contributed by atoms with E-state index in [4.69, 9.17) is 19.3 Å². The molecule has 0 atom stereocenters. The van der Waals surface area contributed by atoms with Crippen molar-refractivity contribution in [3.8, 4) is 34.2 Å². The minimum atomic E-state index is -0.638. The van der Waals surface area contributed by atoms with Crippen LogP contribution in [0.15, 0.2) is 79.0 Å². The number of allylic oxidation sites excluding steroid dienone is 1. The highest BCUT2D eigenvalue weighted by atomic mass is 19.1. The molecule has 34 heavy (non-hydrogen) atoms. The number of hydrogen-bond acceptors (Lipinski definition) is 5. The van der Waals surface area contributed by atoms with Gasteiger partial charge in [-0.15, -0.1) is 0 Å². The standard InChI is InChI=1S/C27H21FN2O4/c1-32-21-9-10-22(23(28)16-21)24(31)11-7-19-17-30(20-5-3-2-4-6-20)29-27(19)18-8-12-25-26(15-18)34-14-13-33-25/h2-12,15-17H,13-14H2,1H3. The summed E-state index contributed by atoms with van der Waals surface area (Å²) < 4.78 is 32.5. The fraction of sp³-hybridized carbons (Fsp3) is 0.111. The van der Waals surface area contributed by atoms with Gasteiger partial charge in [0, 0.05) is 23.4 Å². The van der Waals surface area contributed by atoms with Gasteiger partial charge in [-0.1, -0.05) is 18.2 Å². The first-order valence-corrected chi connectivity index (χ1v) is 10.7. The second-order valence-corrected chi connectivity index (χ2v) is 7.61. The van der Waals surface area contributed by atoms with Gasteiger partial charge < -0.3 is 14.2 Å². The quantitative estimate of drug-likeness (QED) is 0.289. The van der Waals surface area contributed by atoms with E-state index >= 15 is 0 Å². The molecule has 1 aromatic heterocycles. The van der Waals surface area contributed by atoms with E-state index in [-0.39, 0.29) is 5.56 Å². The van der Waals surface area contributed by atoms with Crippen molar-refractivity contribution in [2.75, 3.05) is 20.3 Å². The Kier molecular flexibility index (Phi) is 5.82. The summed E-state index contributed by atoms with van der Waals surface area (Å²) >= 11 is 0. The molecule has 6 nitrogen and oxygen atoms in total. The lowest BCUT2D eigenvalue weighted by atomic mass is 10.0. The lowest BCUT2D eigenvalue weighted by molar-refractivity contribution is 0.104. The minimum absolute atomic E-state index is 0.0339. The van der Waals surface area contributed by atoms with Gasteiger partial charge in [0.25, 0.3) is 0 Å². The van der Waals surface area contributed by atoms with E-state index in [1.165, 1.54) is 25.3 Å². The van der Waals surface area contributed by atoms with E-state index in [9.17, 15) is 9.18 Å². The van der Waals surface area contributed by atoms with Crippen LogP contribution in [0.2, 0.25) is 0 Å². The molecule has 0 spiro atoms. The zero-order valence-corrected chi connectivity index (χ0v) is 18.4. The third-order valence-electron chi connectivity index (χ3n) is 5.43. The Bertz CT molecular complexity index is 1380. The third kappa shape index (κ3) is 4.28. The van der Waals surface area contributed by atoms with Gasteiger partial charge >= 0.3 is 0 Å². The number of halogens is 1. The molecule has 7 heteroatoms. The second kappa shape index (κ2) is 9.23. The van der Waals surface area contributed by atoms with E-state index in [0.29, 0.717) is 41.7 Å². The summed E-state index contributed by atoms with van der Waals surface area (Å²) in [4.78, 5) is 12.7. The molecule has 0 radical (unpaired) electrons. The Labute approximate surface area is 195 Å². The first kappa shape index (κ1) is 21.5. The maximum atomic E-state index is 14.4. The molecular formula is C27H21FN2O4. The number of hydrogen-bond donors (Lipinski definition) is 0. The largest absolute Gasteiger partial charge is 0.497 e. The number of aromatic nitrogens is 2. The predicted octanol–water partition coefficient (Wildman–Crippen LogP) is 5.35. The fourth-order valence-corrected chi connectivity index (χ4v) is 3.72. The van der Waals surface area contributed by atoms with Crippen molar-refractivity contribution in [3.05, 3.63) is 95.9 Å². The van der Waals surface area contributed by atoms with Crippen LogP contribution in [0.4, 0.5) is 4.39 Å². The van der Waals surface area contributed by atoms with Gasteiger partial charge in [0.05, 0.1) is 18.4 Å². The van der Waals surface area contributed by atoms with Crippen molar-refractivity contribution in [1.82, 2.24) is 9.78 Å². The summed E-state index contributed by atoms with van der Waals surface area (Å²) in [6.45, 7) is 0.983. The number of carbonyl (C=O) groups excluding carboxylic acids is 1. The van der Waals surface area contributed by atoms with E-state index < -0.39 is 11.6 Å². The van der Waals surface area contributed by atoms with E-state index in [1.54, 1.807) is 16.8 Å². The highest BCUT2D eigenvalue weighted by molar-refractivity contribution is 6.07. The maximum absolute atomic E-state index is 14.4. The van der Waals surface area contributed by atoms with Crippen LogP contribution in [0.1, 0.15) is 15.9 Å². The van der Waals surface area contributed by atoms with Gasteiger partial charge in [0.2, 0.25) is 0 Å². The van der Waals surface area contributed by atoms with E-state index in [0.717, 1.165) is 11.3 Å². The Morgan fingerprint density at radius 2 is 1.82 bits per heavy atom. The summed E-state index contributed by atoms with van der Waals surface area (Å²) in [5, 5.41) is 4.76. The number of ketones is 1. The zero-order valence-electron chi connectivity index (χ0n) is 18.4. The van der Waals surface area contributed by atoms with Crippen LogP contribution in [-0.2, 0) is 0 Å². The van der Waals surface area contributed by atoms with Crippen LogP contribution in [0, 0.1) is 5.82 Å². The lowest BCUT2D eigenvalue weighted by Crippen LogP contribution is -2.15. The minimum Gasteiger partial charge on any atom is -0.497 e. The molecule has 1 aliphatic heterocycles. The molecule has 4 aromatic rings. The molecule has 0 amide bonds. The number of para-hydroxylation sites is 1. The normalized spacial score (nSPS) is 12.6. The third-order valence-corrected chi connectivity index (χ3v) is 5.43. The first-order valence-electron chi connectivity index (χ1n) is 10.7. The molecule has 170 valence electrons. The molecule has 0 bridgehead atoms. The highest BCUT2D eigenvalue weighted by Gasteiger charge is 2.17. The van der Waals surface area contributed by atoms with Gasteiger partial charge in [0.15, 0.2) is 17.3 Å². The second-order valence-electron chi connectivity index (χ2n) is 7.61. The molecule has 0 N–H and O–H groups in total. The summed E-state index contributed by atoms with van der Waals surface area (Å²) in [7, 11) is 1.44. The van der Waals surface area contributed by atoms with Crippen LogP contribution in [0.5, 0.6) is 17.2 Å². The zero-order chi connectivity index (χ0) is 23.5. The number of carbonyl (C=O) groups is 1. The lowest BCUT2D eigenvalue weighted by Gasteiger charge is -2.18. The van der Waals surface area contributed by atoms with Crippen molar-refractivity contribution in [3.63, 3.8) is 0 Å². The molecule has 0 aliphatic carbocycles. The number of benzene rings is 3. The van der Waals surface area contributed by atoms with Crippen molar-refractivity contribution < 1.29 is 23.4 Å². The molecule has 1 aliphatic rings. The van der Waals surface area contributed by atoms with E-state index in [1.807, 2.05) is 54.7 Å². The van der Waals surface area contributed by atoms with Gasteiger partial charge in [-0.25, -0.2) is 9.07 Å². The fourth-order valence-electron chi connectivity index (χ4n) is 3.72. The van der Waals surface area contributed by atoms with Crippen LogP contribution in [0.3, 0.4) is 0 Å². The van der Waals surface area contributed by atoms with Crippen LogP contribution in [-0.4, -0.2) is 35.9 Å². The van der Waals surface area contributed by atoms with Crippen LogP contribution in [0.25, 0.3) is 23.0 Å². The van der Waals surface area contributed by atoms with Crippen molar-refractivity contribution >= 4 is 11.9 Å². The number of rotatable bonds is 6. The number of fused-ring (bicyclic) bond motifs is 1. The van der Waals surface area contributed by atoms with Gasteiger partial charge in [0.1, 0.15) is 30.5 Å². The average Bonchev–Trinajstić information content (AvgIpc) is 3.31. The highest BCUT2D eigenvalue weighted by Crippen LogP contribution is 2.35. The van der Waals surface area contributed by atoms with Crippen LogP contribution >= 0.6 is 0 Å². The number of ether oxygens (including phenoxy) is 3. The molecule has 5 rings (SSSR count). The maximum Gasteiger partial charge on any atom is 0.188 e. The SMILES string of the molecule is COc1ccc(C(=O)C=Cc2cn(-c3ccccc3)nc2-c2ccc3c(c2)OCCO3)c(F)c1. The monoisotopic (exact) mass is 456 g/mol. The van der Waals surface area contributed by atoms with Crippen molar-refractivity contribution in [1.29, 1.82) is 0 Å². The molecule has 2 heterocycles. The number of methoxy groups -OCH3 is 1. The predicted molar refractivity (Wildman–Crippen MR) is 126 cm³/mol. The van der Waals surface area contributed by atoms with Gasteiger partial charge in [-0.05, 0) is 54.6 Å². The summed E-state index contributed by atoms with van der Waals surface area (Å²) in [5.41, 5.74) is 2.99. The summed E-state index contributed by atoms with van der Waals surface area (Å²) in [6.07, 6.45) is 4.82. The smallest absolute Gasteiger partial charge is 0.188 e. The van der Waals surface area contributed by atoms with Crippen molar-refractivity contribution in [2.24, 2.45) is 0 Å². The Morgan fingerprint density at radius 1 is 1.03 bits per heavy atom. The molecule has 0 fully saturated rings. The Morgan fingerprint density at radius 3 is 2.59 bits per heavy atom. The average molecular weight is 456 g/mol. The Hall–Kier alpha value is -4.39. The molecule has 3 aromatic carbocycles. The molecule has 0 saturated carbocycles. The summed E-state index contributed by atoms with van der Waals surface area (Å²) in [6, 6.07) is 19.4. The van der Waals surface area contributed by atoms with E-state index in [2.05, 4.69) is 0 Å². The van der Waals surface area contributed by atoms with Crippen molar-refractivity contribution in [2.45, 2.75) is 0 Å². The molecule has 0 saturated heterocycles. The van der Waals surface area contributed by atoms with Gasteiger partial charge in [-0.3, -0.25) is 4.79 Å². The topological polar surface area (TPSA) is 62.6 Å². The van der Waals surface area contributed by atoms with Crippen LogP contribution < -0.4 is 14.2 Å². The molecule has 0 unspecified atom stereocenters. The van der Waals surface area contributed by atoms with Gasteiger partial charge in [-0.2, -0.15) is 5.10 Å². The number of nitrogens with zero attached hydrogens (tertiary/aromatic N) is 2. The first-order chi connectivity index (χ1) is 16.6.